The molecule has 19 heavy (non-hydrogen) atoms. The van der Waals surface area contributed by atoms with Gasteiger partial charge in [0.1, 0.15) is 0 Å². The van der Waals surface area contributed by atoms with E-state index >= 15 is 0 Å². The molecular weight excluding hydrogens is 310 g/mol. The Labute approximate surface area is 120 Å². The van der Waals surface area contributed by atoms with Crippen LogP contribution in [0.1, 0.15) is 23.2 Å². The molecule has 4 nitrogen and oxygen atoms in total. The third-order valence-corrected chi connectivity index (χ3v) is 4.63. The van der Waals surface area contributed by atoms with Gasteiger partial charge in [0.05, 0.1) is 11.3 Å². The average molecular weight is 326 g/mol. The van der Waals surface area contributed by atoms with Crippen LogP contribution in [0, 0.1) is 5.41 Å². The standard InChI is InChI=1S/C14H16BrNO3/c15-10-1-2-11(13(17)18)12(7-10)16-8-14(9-16)3-5-19-6-4-14/h1-2,7H,3-6,8-9H2,(H,17,18). The lowest BCUT2D eigenvalue weighted by Crippen LogP contribution is -2.58. The number of rotatable bonds is 2. The van der Waals surface area contributed by atoms with Crippen molar-refractivity contribution in [2.45, 2.75) is 12.8 Å². The maximum atomic E-state index is 11.3. The number of halogens is 1. The minimum atomic E-state index is -0.865. The van der Waals surface area contributed by atoms with Crippen molar-refractivity contribution in [2.75, 3.05) is 31.2 Å². The molecule has 1 aromatic carbocycles. The summed E-state index contributed by atoms with van der Waals surface area (Å²) in [5, 5.41) is 9.26. The van der Waals surface area contributed by atoms with Gasteiger partial charge in [0.15, 0.2) is 0 Å². The van der Waals surface area contributed by atoms with Crippen LogP contribution in [-0.4, -0.2) is 37.4 Å². The molecule has 0 aromatic heterocycles. The fourth-order valence-electron chi connectivity index (χ4n) is 3.00. The van der Waals surface area contributed by atoms with Crippen molar-refractivity contribution in [1.82, 2.24) is 0 Å². The van der Waals surface area contributed by atoms with Gasteiger partial charge >= 0.3 is 5.97 Å². The Morgan fingerprint density at radius 2 is 2.00 bits per heavy atom. The highest BCUT2D eigenvalue weighted by Gasteiger charge is 2.44. The van der Waals surface area contributed by atoms with Crippen LogP contribution in [0.2, 0.25) is 0 Å². The molecule has 0 bridgehead atoms. The lowest BCUT2D eigenvalue weighted by atomic mass is 9.73. The van der Waals surface area contributed by atoms with Gasteiger partial charge in [-0.3, -0.25) is 0 Å². The van der Waals surface area contributed by atoms with Gasteiger partial charge in [-0.1, -0.05) is 15.9 Å². The van der Waals surface area contributed by atoms with Gasteiger partial charge in [-0.15, -0.1) is 0 Å². The number of hydrogen-bond acceptors (Lipinski definition) is 3. The van der Waals surface area contributed by atoms with Crippen molar-refractivity contribution >= 4 is 27.6 Å². The normalized spacial score (nSPS) is 21.2. The van der Waals surface area contributed by atoms with Gasteiger partial charge in [0.2, 0.25) is 0 Å². The Morgan fingerprint density at radius 1 is 1.32 bits per heavy atom. The molecule has 2 heterocycles. The predicted octanol–water partition coefficient (Wildman–Crippen LogP) is 2.76. The average Bonchev–Trinajstić information content (AvgIpc) is 2.36. The molecule has 1 aromatic rings. The molecule has 102 valence electrons. The zero-order valence-corrected chi connectivity index (χ0v) is 12.1. The van der Waals surface area contributed by atoms with Crippen molar-refractivity contribution < 1.29 is 14.6 Å². The van der Waals surface area contributed by atoms with E-state index < -0.39 is 5.97 Å². The van der Waals surface area contributed by atoms with Gasteiger partial charge < -0.3 is 14.7 Å². The Bertz CT molecular complexity index is 503. The molecule has 2 fully saturated rings. The minimum Gasteiger partial charge on any atom is -0.478 e. The van der Waals surface area contributed by atoms with Crippen molar-refractivity contribution in [2.24, 2.45) is 5.41 Å². The number of carbonyl (C=O) groups is 1. The summed E-state index contributed by atoms with van der Waals surface area (Å²) in [6.45, 7) is 3.54. The summed E-state index contributed by atoms with van der Waals surface area (Å²) < 4.78 is 6.32. The van der Waals surface area contributed by atoms with Crippen molar-refractivity contribution in [3.63, 3.8) is 0 Å². The fourth-order valence-corrected chi connectivity index (χ4v) is 3.35. The van der Waals surface area contributed by atoms with Crippen LogP contribution >= 0.6 is 15.9 Å². The highest BCUT2D eigenvalue weighted by molar-refractivity contribution is 9.10. The molecule has 5 heteroatoms. The van der Waals surface area contributed by atoms with E-state index in [1.165, 1.54) is 0 Å². The monoisotopic (exact) mass is 325 g/mol. The Hall–Kier alpha value is -1.07. The molecule has 0 unspecified atom stereocenters. The Kier molecular flexibility index (Phi) is 3.27. The molecule has 0 saturated carbocycles. The van der Waals surface area contributed by atoms with Gasteiger partial charge in [0.25, 0.3) is 0 Å². The fraction of sp³-hybridized carbons (Fsp3) is 0.500. The topological polar surface area (TPSA) is 49.8 Å². The molecule has 2 saturated heterocycles. The largest absolute Gasteiger partial charge is 0.478 e. The molecule has 0 aliphatic carbocycles. The third kappa shape index (κ3) is 2.37. The summed E-state index contributed by atoms with van der Waals surface area (Å²) >= 11 is 3.41. The molecule has 2 aliphatic heterocycles. The van der Waals surface area contributed by atoms with Gasteiger partial charge in [-0.05, 0) is 31.0 Å². The summed E-state index contributed by atoms with van der Waals surface area (Å²) in [7, 11) is 0. The first kappa shape index (κ1) is 12.9. The zero-order chi connectivity index (χ0) is 13.5. The molecule has 0 atom stereocenters. The number of benzene rings is 1. The number of carboxylic acids is 1. The number of hydrogen-bond donors (Lipinski definition) is 1. The van der Waals surface area contributed by atoms with Gasteiger partial charge in [-0.25, -0.2) is 4.79 Å². The van der Waals surface area contributed by atoms with Crippen LogP contribution < -0.4 is 4.90 Å². The lowest BCUT2D eigenvalue weighted by molar-refractivity contribution is -0.000301. The van der Waals surface area contributed by atoms with E-state index in [1.807, 2.05) is 6.07 Å². The number of ether oxygens (including phenoxy) is 1. The van der Waals surface area contributed by atoms with Crippen LogP contribution in [0.25, 0.3) is 0 Å². The summed E-state index contributed by atoms with van der Waals surface area (Å²) in [6.07, 6.45) is 2.17. The van der Waals surface area contributed by atoms with Crippen LogP contribution in [0.5, 0.6) is 0 Å². The summed E-state index contributed by atoms with van der Waals surface area (Å²) in [6, 6.07) is 5.34. The number of anilines is 1. The molecular formula is C14H16BrNO3. The van der Waals surface area contributed by atoms with Crippen LogP contribution in [0.15, 0.2) is 22.7 Å². The first-order valence-electron chi connectivity index (χ1n) is 6.45. The number of carboxylic acid groups (broad SMARTS) is 1. The predicted molar refractivity (Wildman–Crippen MR) is 75.8 cm³/mol. The van der Waals surface area contributed by atoms with E-state index in [1.54, 1.807) is 12.1 Å². The SMILES string of the molecule is O=C(O)c1ccc(Br)cc1N1CC2(CCOCC2)C1. The van der Waals surface area contributed by atoms with Crippen LogP contribution in [0.4, 0.5) is 5.69 Å². The third-order valence-electron chi connectivity index (χ3n) is 4.14. The molecule has 1 N–H and O–H groups in total. The smallest absolute Gasteiger partial charge is 0.337 e. The summed E-state index contributed by atoms with van der Waals surface area (Å²) in [4.78, 5) is 13.4. The van der Waals surface area contributed by atoms with Crippen LogP contribution in [-0.2, 0) is 4.74 Å². The molecule has 0 radical (unpaired) electrons. The maximum Gasteiger partial charge on any atom is 0.337 e. The summed E-state index contributed by atoms with van der Waals surface area (Å²) in [5.41, 5.74) is 1.54. The molecule has 0 amide bonds. The maximum absolute atomic E-state index is 11.3. The van der Waals surface area contributed by atoms with E-state index in [0.717, 1.165) is 49.3 Å². The zero-order valence-electron chi connectivity index (χ0n) is 10.6. The molecule has 3 rings (SSSR count). The highest BCUT2D eigenvalue weighted by Crippen LogP contribution is 2.43. The van der Waals surface area contributed by atoms with Crippen LogP contribution in [0.3, 0.4) is 0 Å². The van der Waals surface area contributed by atoms with Gasteiger partial charge in [0, 0.05) is 36.2 Å². The van der Waals surface area contributed by atoms with E-state index in [-0.39, 0.29) is 0 Å². The summed E-state index contributed by atoms with van der Waals surface area (Å²) in [5.74, 6) is -0.865. The second-order valence-corrected chi connectivity index (χ2v) is 6.35. The number of aromatic carboxylic acids is 1. The van der Waals surface area contributed by atoms with Crippen molar-refractivity contribution in [1.29, 1.82) is 0 Å². The van der Waals surface area contributed by atoms with E-state index in [0.29, 0.717) is 11.0 Å². The van der Waals surface area contributed by atoms with E-state index in [9.17, 15) is 9.90 Å². The first-order chi connectivity index (χ1) is 9.10. The highest BCUT2D eigenvalue weighted by atomic mass is 79.9. The van der Waals surface area contributed by atoms with E-state index in [4.69, 9.17) is 4.74 Å². The quantitative estimate of drug-likeness (QED) is 0.908. The van der Waals surface area contributed by atoms with Crippen molar-refractivity contribution in [3.8, 4) is 0 Å². The molecule has 2 aliphatic rings. The Balaban J connectivity index is 1.81. The van der Waals surface area contributed by atoms with E-state index in [2.05, 4.69) is 20.8 Å². The first-order valence-corrected chi connectivity index (χ1v) is 7.25. The second kappa shape index (κ2) is 4.80. The molecule has 1 spiro atoms. The minimum absolute atomic E-state index is 0.344. The lowest BCUT2D eigenvalue weighted by Gasteiger charge is -2.53. The van der Waals surface area contributed by atoms with Gasteiger partial charge in [-0.2, -0.15) is 0 Å². The second-order valence-electron chi connectivity index (χ2n) is 5.44. The van der Waals surface area contributed by atoms with Crippen molar-refractivity contribution in [3.05, 3.63) is 28.2 Å². The Morgan fingerprint density at radius 3 is 2.63 bits per heavy atom. The number of nitrogens with zero attached hydrogens (tertiary/aromatic N) is 1.